The summed E-state index contributed by atoms with van der Waals surface area (Å²) in [6.07, 6.45) is 1.20. The normalized spacial score (nSPS) is 11.3. The van der Waals surface area contributed by atoms with Crippen molar-refractivity contribution >= 4 is 22.7 Å². The van der Waals surface area contributed by atoms with Crippen LogP contribution in [0.1, 0.15) is 16.7 Å². The van der Waals surface area contributed by atoms with Gasteiger partial charge < -0.3 is 5.11 Å². The number of hydrogen-bond acceptors (Lipinski definition) is 5. The number of hydrogen-bond donors (Lipinski definition) is 3. The SMILES string of the molecule is Cc1ccc(-n2c(O)c(/C=N/Nc3cccc4ccccc34)c(=O)[nH]c2=O)cc1C. The van der Waals surface area contributed by atoms with Crippen molar-refractivity contribution < 1.29 is 5.11 Å². The molecule has 150 valence electrons. The molecule has 1 aromatic heterocycles. The lowest BCUT2D eigenvalue weighted by molar-refractivity contribution is 0.430. The molecular weight excluding hydrogens is 380 g/mol. The van der Waals surface area contributed by atoms with Gasteiger partial charge in [-0.1, -0.05) is 42.5 Å². The molecule has 0 saturated heterocycles. The molecule has 4 rings (SSSR count). The summed E-state index contributed by atoms with van der Waals surface area (Å²) >= 11 is 0. The molecule has 0 unspecified atom stereocenters. The Morgan fingerprint density at radius 2 is 1.77 bits per heavy atom. The van der Waals surface area contributed by atoms with Crippen LogP contribution in [0, 0.1) is 13.8 Å². The second-order valence-electron chi connectivity index (χ2n) is 7.00. The number of aryl methyl sites for hydroxylation is 2. The van der Waals surface area contributed by atoms with E-state index in [1.165, 1.54) is 6.21 Å². The Balaban J connectivity index is 1.73. The number of nitrogens with one attached hydrogen (secondary N) is 2. The van der Waals surface area contributed by atoms with Gasteiger partial charge in [-0.25, -0.2) is 9.36 Å². The van der Waals surface area contributed by atoms with E-state index >= 15 is 0 Å². The van der Waals surface area contributed by atoms with Gasteiger partial charge in [-0.05, 0) is 48.6 Å². The molecule has 3 aromatic carbocycles. The quantitative estimate of drug-likeness (QED) is 0.361. The van der Waals surface area contributed by atoms with Crippen LogP contribution >= 0.6 is 0 Å². The lowest BCUT2D eigenvalue weighted by Crippen LogP contribution is -2.31. The number of aromatic amines is 1. The summed E-state index contributed by atoms with van der Waals surface area (Å²) in [7, 11) is 0. The number of H-pyrrole nitrogens is 1. The second-order valence-corrected chi connectivity index (χ2v) is 7.00. The second kappa shape index (κ2) is 7.71. The van der Waals surface area contributed by atoms with Crippen molar-refractivity contribution in [2.24, 2.45) is 5.10 Å². The number of fused-ring (bicyclic) bond motifs is 1. The highest BCUT2D eigenvalue weighted by molar-refractivity contribution is 5.94. The van der Waals surface area contributed by atoms with Gasteiger partial charge in [0.1, 0.15) is 5.56 Å². The van der Waals surface area contributed by atoms with Crippen LogP contribution in [0.25, 0.3) is 16.5 Å². The zero-order chi connectivity index (χ0) is 21.3. The Bertz CT molecular complexity index is 1390. The van der Waals surface area contributed by atoms with Gasteiger partial charge in [0, 0.05) is 5.39 Å². The third kappa shape index (κ3) is 3.48. The van der Waals surface area contributed by atoms with Crippen molar-refractivity contribution in [2.75, 3.05) is 5.43 Å². The van der Waals surface area contributed by atoms with Crippen LogP contribution in [0.15, 0.2) is 75.4 Å². The van der Waals surface area contributed by atoms with Crippen LogP contribution in [0.5, 0.6) is 5.88 Å². The topological polar surface area (TPSA) is 99.5 Å². The number of anilines is 1. The van der Waals surface area contributed by atoms with Crippen LogP contribution in [-0.4, -0.2) is 20.9 Å². The van der Waals surface area contributed by atoms with Crippen molar-refractivity contribution in [3.05, 3.63) is 98.2 Å². The van der Waals surface area contributed by atoms with Gasteiger partial charge in [-0.3, -0.25) is 15.2 Å². The number of aromatic hydroxyl groups is 1. The van der Waals surface area contributed by atoms with E-state index in [0.717, 1.165) is 32.2 Å². The Morgan fingerprint density at radius 3 is 2.57 bits per heavy atom. The molecule has 0 aliphatic heterocycles. The Labute approximate surface area is 172 Å². The van der Waals surface area contributed by atoms with Gasteiger partial charge in [0.25, 0.3) is 5.56 Å². The summed E-state index contributed by atoms with van der Waals surface area (Å²) in [5.41, 5.74) is 4.54. The van der Waals surface area contributed by atoms with Crippen LogP contribution in [0.4, 0.5) is 5.69 Å². The van der Waals surface area contributed by atoms with E-state index in [1.807, 2.05) is 62.4 Å². The van der Waals surface area contributed by atoms with Gasteiger partial charge in [-0.2, -0.15) is 5.10 Å². The summed E-state index contributed by atoms with van der Waals surface area (Å²) in [6.45, 7) is 3.86. The molecule has 0 saturated carbocycles. The molecule has 3 N–H and O–H groups in total. The largest absolute Gasteiger partial charge is 0.493 e. The summed E-state index contributed by atoms with van der Waals surface area (Å²) in [5.74, 6) is -0.476. The molecule has 7 heteroatoms. The van der Waals surface area contributed by atoms with Gasteiger partial charge in [0.05, 0.1) is 17.6 Å². The highest BCUT2D eigenvalue weighted by Crippen LogP contribution is 2.23. The number of aromatic nitrogens is 2. The molecule has 1 heterocycles. The minimum atomic E-state index is -0.722. The summed E-state index contributed by atoms with van der Waals surface area (Å²) in [4.78, 5) is 26.8. The highest BCUT2D eigenvalue weighted by Gasteiger charge is 2.14. The van der Waals surface area contributed by atoms with Crippen LogP contribution < -0.4 is 16.7 Å². The predicted molar refractivity (Wildman–Crippen MR) is 119 cm³/mol. The molecule has 0 bridgehead atoms. The van der Waals surface area contributed by atoms with E-state index in [9.17, 15) is 14.7 Å². The van der Waals surface area contributed by atoms with Crippen molar-refractivity contribution in [1.82, 2.24) is 9.55 Å². The lowest BCUT2D eigenvalue weighted by atomic mass is 10.1. The fourth-order valence-electron chi connectivity index (χ4n) is 3.25. The zero-order valence-corrected chi connectivity index (χ0v) is 16.5. The fraction of sp³-hybridized carbons (Fsp3) is 0.0870. The molecule has 0 aliphatic rings. The molecule has 0 amide bonds. The van der Waals surface area contributed by atoms with E-state index < -0.39 is 17.1 Å². The molecule has 0 aliphatic carbocycles. The molecule has 0 fully saturated rings. The van der Waals surface area contributed by atoms with Gasteiger partial charge in [0.2, 0.25) is 5.88 Å². The first-order valence-corrected chi connectivity index (χ1v) is 9.38. The Hall–Kier alpha value is -4.13. The highest BCUT2D eigenvalue weighted by atomic mass is 16.3. The zero-order valence-electron chi connectivity index (χ0n) is 16.5. The molecule has 7 nitrogen and oxygen atoms in total. The summed E-state index contributed by atoms with van der Waals surface area (Å²) in [5, 5.41) is 16.8. The monoisotopic (exact) mass is 400 g/mol. The lowest BCUT2D eigenvalue weighted by Gasteiger charge is -2.11. The van der Waals surface area contributed by atoms with Gasteiger partial charge >= 0.3 is 5.69 Å². The minimum Gasteiger partial charge on any atom is -0.493 e. The minimum absolute atomic E-state index is 0.124. The van der Waals surface area contributed by atoms with E-state index in [-0.39, 0.29) is 5.56 Å². The molecular formula is C23H20N4O3. The first kappa shape index (κ1) is 19.2. The average Bonchev–Trinajstić information content (AvgIpc) is 2.73. The molecule has 0 atom stereocenters. The van der Waals surface area contributed by atoms with Crippen molar-refractivity contribution in [2.45, 2.75) is 13.8 Å². The van der Waals surface area contributed by atoms with E-state index in [1.54, 1.807) is 12.1 Å². The van der Waals surface area contributed by atoms with Crippen molar-refractivity contribution in [3.63, 3.8) is 0 Å². The summed E-state index contributed by atoms with van der Waals surface area (Å²) in [6, 6.07) is 18.9. The first-order valence-electron chi connectivity index (χ1n) is 9.38. The molecule has 30 heavy (non-hydrogen) atoms. The van der Waals surface area contributed by atoms with E-state index in [2.05, 4.69) is 15.5 Å². The van der Waals surface area contributed by atoms with Gasteiger partial charge in [0.15, 0.2) is 0 Å². The maximum absolute atomic E-state index is 12.3. The average molecular weight is 400 g/mol. The van der Waals surface area contributed by atoms with Crippen LogP contribution in [-0.2, 0) is 0 Å². The third-order valence-corrected chi connectivity index (χ3v) is 5.04. The molecule has 4 aromatic rings. The Kier molecular flexibility index (Phi) is 4.93. The molecule has 0 spiro atoms. The van der Waals surface area contributed by atoms with Gasteiger partial charge in [-0.15, -0.1) is 0 Å². The molecule has 0 radical (unpaired) electrons. The third-order valence-electron chi connectivity index (χ3n) is 5.04. The van der Waals surface area contributed by atoms with Crippen LogP contribution in [0.3, 0.4) is 0 Å². The smallest absolute Gasteiger partial charge is 0.335 e. The first-order chi connectivity index (χ1) is 14.5. The number of rotatable bonds is 4. The Morgan fingerprint density at radius 1 is 1.00 bits per heavy atom. The maximum atomic E-state index is 12.3. The van der Waals surface area contributed by atoms with E-state index in [4.69, 9.17) is 0 Å². The fourth-order valence-corrected chi connectivity index (χ4v) is 3.25. The number of nitrogens with zero attached hydrogens (tertiary/aromatic N) is 2. The number of hydrazone groups is 1. The standard InChI is InChI=1S/C23H20N4O3/c1-14-10-11-17(12-15(14)2)27-22(29)19(21(28)25-23(27)30)13-24-26-20-9-5-7-16-6-3-4-8-18(16)20/h3-13,26,29H,1-2H3,(H,25,28,30)/b24-13+. The maximum Gasteiger partial charge on any atom is 0.335 e. The van der Waals surface area contributed by atoms with E-state index in [0.29, 0.717) is 5.69 Å². The summed E-state index contributed by atoms with van der Waals surface area (Å²) < 4.78 is 1.05. The van der Waals surface area contributed by atoms with Crippen LogP contribution in [0.2, 0.25) is 0 Å². The predicted octanol–water partition coefficient (Wildman–Crippen LogP) is 3.45. The van der Waals surface area contributed by atoms with Crippen molar-refractivity contribution in [3.8, 4) is 11.6 Å². The number of benzene rings is 3. The van der Waals surface area contributed by atoms with Crippen molar-refractivity contribution in [1.29, 1.82) is 0 Å².